The van der Waals surface area contributed by atoms with Gasteiger partial charge in [-0.1, -0.05) is 30.7 Å². The summed E-state index contributed by atoms with van der Waals surface area (Å²) in [6.07, 6.45) is 4.94. The number of amides is 1. The van der Waals surface area contributed by atoms with Crippen LogP contribution in [0.15, 0.2) is 59.5 Å². The summed E-state index contributed by atoms with van der Waals surface area (Å²) in [5.74, 6) is -1.91. The predicted molar refractivity (Wildman–Crippen MR) is 114 cm³/mol. The number of piperidine rings is 1. The molecule has 31 heavy (non-hydrogen) atoms. The molecular weight excluding hydrogens is 423 g/mol. The lowest BCUT2D eigenvalue weighted by Crippen LogP contribution is -2.35. The molecule has 1 heterocycles. The van der Waals surface area contributed by atoms with E-state index in [4.69, 9.17) is 4.74 Å². The van der Waals surface area contributed by atoms with Gasteiger partial charge in [-0.15, -0.1) is 0 Å². The van der Waals surface area contributed by atoms with E-state index in [0.29, 0.717) is 13.1 Å². The van der Waals surface area contributed by atoms with E-state index in [9.17, 15) is 22.4 Å². The summed E-state index contributed by atoms with van der Waals surface area (Å²) in [5, 5.41) is 2.51. The first-order valence-electron chi connectivity index (χ1n) is 9.86. The van der Waals surface area contributed by atoms with Crippen LogP contribution in [0.3, 0.4) is 0 Å². The van der Waals surface area contributed by atoms with Crippen molar-refractivity contribution < 1.29 is 27.1 Å². The van der Waals surface area contributed by atoms with E-state index in [2.05, 4.69) is 5.32 Å². The second-order valence-electron chi connectivity index (χ2n) is 7.00. The minimum absolute atomic E-state index is 0.0945. The number of halogens is 1. The fourth-order valence-electron chi connectivity index (χ4n) is 3.14. The third-order valence-corrected chi connectivity index (χ3v) is 6.61. The highest BCUT2D eigenvalue weighted by Gasteiger charge is 2.26. The van der Waals surface area contributed by atoms with Gasteiger partial charge in [0.1, 0.15) is 5.82 Å². The van der Waals surface area contributed by atoms with Crippen LogP contribution in [0.2, 0.25) is 0 Å². The number of carbonyl (C=O) groups excluding carboxylic acids is 2. The van der Waals surface area contributed by atoms with Crippen LogP contribution < -0.4 is 5.32 Å². The van der Waals surface area contributed by atoms with E-state index >= 15 is 0 Å². The van der Waals surface area contributed by atoms with Gasteiger partial charge in [-0.3, -0.25) is 4.79 Å². The fraction of sp³-hybridized carbons (Fsp3) is 0.273. The second kappa shape index (κ2) is 10.3. The van der Waals surface area contributed by atoms with Crippen LogP contribution in [0.4, 0.5) is 10.1 Å². The first-order chi connectivity index (χ1) is 14.9. The van der Waals surface area contributed by atoms with E-state index in [1.54, 1.807) is 12.1 Å². The monoisotopic (exact) mass is 446 g/mol. The highest BCUT2D eigenvalue weighted by atomic mass is 32.2. The second-order valence-corrected chi connectivity index (χ2v) is 8.94. The molecular formula is C22H23FN2O5S. The number of hydrogen-bond donors (Lipinski definition) is 1. The molecule has 0 radical (unpaired) electrons. The van der Waals surface area contributed by atoms with Gasteiger partial charge in [-0.2, -0.15) is 4.31 Å². The number of rotatable bonds is 7. The molecule has 2 aromatic rings. The average Bonchev–Trinajstić information content (AvgIpc) is 2.78. The van der Waals surface area contributed by atoms with Crippen LogP contribution in [0.1, 0.15) is 24.8 Å². The predicted octanol–water partition coefficient (Wildman–Crippen LogP) is 3.20. The summed E-state index contributed by atoms with van der Waals surface area (Å²) >= 11 is 0. The standard InChI is InChI=1S/C22H23FN2O5S/c23-20-10-3-2-7-17(20)11-12-22(27)30-16-21(26)24-18-8-6-9-19(15-18)31(28,29)25-13-4-1-5-14-25/h2-3,6-12,15H,1,4-5,13-14,16H2,(H,24,26)/b12-11+. The first-order valence-corrected chi connectivity index (χ1v) is 11.3. The van der Waals surface area contributed by atoms with Crippen molar-refractivity contribution >= 4 is 33.7 Å². The van der Waals surface area contributed by atoms with Gasteiger partial charge in [0.15, 0.2) is 6.61 Å². The lowest BCUT2D eigenvalue weighted by Gasteiger charge is -2.26. The number of ether oxygens (including phenoxy) is 1. The highest BCUT2D eigenvalue weighted by Crippen LogP contribution is 2.22. The van der Waals surface area contributed by atoms with Crippen molar-refractivity contribution in [1.82, 2.24) is 4.31 Å². The maximum Gasteiger partial charge on any atom is 0.331 e. The Balaban J connectivity index is 1.55. The zero-order valence-corrected chi connectivity index (χ0v) is 17.6. The minimum atomic E-state index is -3.63. The molecule has 2 aromatic carbocycles. The number of esters is 1. The summed E-state index contributed by atoms with van der Waals surface area (Å²) in [6.45, 7) is 0.397. The third-order valence-electron chi connectivity index (χ3n) is 4.72. The summed E-state index contributed by atoms with van der Waals surface area (Å²) in [7, 11) is -3.63. The third kappa shape index (κ3) is 6.22. The smallest absolute Gasteiger partial charge is 0.331 e. The Kier molecular flexibility index (Phi) is 7.54. The molecule has 0 aromatic heterocycles. The van der Waals surface area contributed by atoms with Gasteiger partial charge in [0.05, 0.1) is 4.90 Å². The Morgan fingerprint density at radius 2 is 1.81 bits per heavy atom. The lowest BCUT2D eigenvalue weighted by atomic mass is 10.2. The van der Waals surface area contributed by atoms with Gasteiger partial charge in [-0.25, -0.2) is 17.6 Å². The van der Waals surface area contributed by atoms with Gasteiger partial charge in [0.2, 0.25) is 10.0 Å². The Morgan fingerprint density at radius 3 is 2.55 bits per heavy atom. The molecule has 0 atom stereocenters. The molecule has 7 nitrogen and oxygen atoms in total. The SMILES string of the molecule is O=C(COC(=O)/C=C/c1ccccc1F)Nc1cccc(S(=O)(=O)N2CCCCC2)c1. The normalized spacial score (nSPS) is 15.0. The molecule has 1 saturated heterocycles. The van der Waals surface area contributed by atoms with Crippen molar-refractivity contribution in [2.45, 2.75) is 24.2 Å². The highest BCUT2D eigenvalue weighted by molar-refractivity contribution is 7.89. The average molecular weight is 447 g/mol. The molecule has 0 aliphatic carbocycles. The summed E-state index contributed by atoms with van der Waals surface area (Å²) < 4.78 is 45.3. The molecule has 9 heteroatoms. The Bertz CT molecular complexity index is 1080. The number of hydrogen-bond acceptors (Lipinski definition) is 5. The largest absolute Gasteiger partial charge is 0.452 e. The van der Waals surface area contributed by atoms with E-state index in [1.807, 2.05) is 0 Å². The topological polar surface area (TPSA) is 92.8 Å². The lowest BCUT2D eigenvalue weighted by molar-refractivity contribution is -0.142. The Labute approximate surface area is 180 Å². The van der Waals surface area contributed by atoms with Gasteiger partial charge < -0.3 is 10.1 Å². The molecule has 1 amide bonds. The number of sulfonamides is 1. The molecule has 0 saturated carbocycles. The molecule has 1 fully saturated rings. The van der Waals surface area contributed by atoms with Crippen LogP contribution in [0.25, 0.3) is 6.08 Å². The van der Waals surface area contributed by atoms with Crippen molar-refractivity contribution in [2.75, 3.05) is 25.0 Å². The zero-order valence-electron chi connectivity index (χ0n) is 16.8. The van der Waals surface area contributed by atoms with E-state index in [0.717, 1.165) is 25.3 Å². The number of benzene rings is 2. The van der Waals surface area contributed by atoms with Crippen molar-refractivity contribution in [3.05, 3.63) is 66.0 Å². The van der Waals surface area contributed by atoms with E-state index in [-0.39, 0.29) is 16.1 Å². The van der Waals surface area contributed by atoms with Crippen molar-refractivity contribution in [3.8, 4) is 0 Å². The van der Waals surface area contributed by atoms with Crippen LogP contribution in [0.5, 0.6) is 0 Å². The van der Waals surface area contributed by atoms with Crippen molar-refractivity contribution in [1.29, 1.82) is 0 Å². The number of nitrogens with one attached hydrogen (secondary N) is 1. The Hall–Kier alpha value is -3.04. The maximum atomic E-state index is 13.5. The van der Waals surface area contributed by atoms with Crippen LogP contribution in [0, 0.1) is 5.82 Å². The summed E-state index contributed by atoms with van der Waals surface area (Å²) in [6, 6.07) is 11.9. The van der Waals surface area contributed by atoms with Crippen LogP contribution >= 0.6 is 0 Å². The molecule has 0 spiro atoms. The molecule has 164 valence electrons. The van der Waals surface area contributed by atoms with Crippen molar-refractivity contribution in [2.24, 2.45) is 0 Å². The summed E-state index contributed by atoms with van der Waals surface area (Å²) in [4.78, 5) is 23.9. The number of anilines is 1. The summed E-state index contributed by atoms with van der Waals surface area (Å²) in [5.41, 5.74) is 0.497. The van der Waals surface area contributed by atoms with Gasteiger partial charge in [0, 0.05) is 30.4 Å². The molecule has 0 bridgehead atoms. The molecule has 1 aliphatic heterocycles. The molecule has 1 aliphatic rings. The Morgan fingerprint density at radius 1 is 1.06 bits per heavy atom. The molecule has 3 rings (SSSR count). The van der Waals surface area contributed by atoms with Gasteiger partial charge >= 0.3 is 5.97 Å². The fourth-order valence-corrected chi connectivity index (χ4v) is 4.70. The van der Waals surface area contributed by atoms with Crippen LogP contribution in [-0.2, 0) is 24.3 Å². The quantitative estimate of drug-likeness (QED) is 0.521. The van der Waals surface area contributed by atoms with Crippen molar-refractivity contribution in [3.63, 3.8) is 0 Å². The molecule has 1 N–H and O–H groups in total. The van der Waals surface area contributed by atoms with Gasteiger partial charge in [-0.05, 0) is 43.2 Å². The molecule has 0 unspecified atom stereocenters. The van der Waals surface area contributed by atoms with Crippen LogP contribution in [-0.4, -0.2) is 44.3 Å². The first kappa shape index (κ1) is 22.6. The zero-order chi connectivity index (χ0) is 22.3. The van der Waals surface area contributed by atoms with E-state index in [1.165, 1.54) is 46.8 Å². The number of carbonyl (C=O) groups is 2. The maximum absolute atomic E-state index is 13.5. The van der Waals surface area contributed by atoms with E-state index < -0.39 is 34.3 Å². The minimum Gasteiger partial charge on any atom is -0.452 e. The van der Waals surface area contributed by atoms with Gasteiger partial charge in [0.25, 0.3) is 5.91 Å². The number of nitrogens with zero attached hydrogens (tertiary/aromatic N) is 1.